The lowest BCUT2D eigenvalue weighted by molar-refractivity contribution is 0.103. The van der Waals surface area contributed by atoms with Crippen molar-refractivity contribution in [2.45, 2.75) is 20.4 Å². The van der Waals surface area contributed by atoms with E-state index in [9.17, 15) is 0 Å². The van der Waals surface area contributed by atoms with E-state index in [1.54, 1.807) is 7.11 Å². The van der Waals surface area contributed by atoms with E-state index in [1.807, 2.05) is 4.57 Å². The number of hydrogen-bond donors (Lipinski definition) is 1. The van der Waals surface area contributed by atoms with Crippen molar-refractivity contribution in [2.24, 2.45) is 5.92 Å². The molecule has 104 valence electrons. The van der Waals surface area contributed by atoms with E-state index in [4.69, 9.17) is 21.7 Å². The average molecular weight is 282 g/mol. The summed E-state index contributed by atoms with van der Waals surface area (Å²) in [6, 6.07) is 0. The average Bonchev–Trinajstić information content (AvgIpc) is 2.70. The molecule has 19 heavy (non-hydrogen) atoms. The van der Waals surface area contributed by atoms with Gasteiger partial charge in [0.15, 0.2) is 10.4 Å². The Morgan fingerprint density at radius 1 is 1.42 bits per heavy atom. The molecule has 0 aliphatic carbocycles. The van der Waals surface area contributed by atoms with Crippen molar-refractivity contribution < 1.29 is 9.47 Å². The number of nitrogens with one attached hydrogen (secondary N) is 1. The van der Waals surface area contributed by atoms with Gasteiger partial charge in [-0.1, -0.05) is 13.8 Å². The lowest BCUT2D eigenvalue weighted by Crippen LogP contribution is -2.10. The number of rotatable bonds is 6. The molecule has 0 fully saturated rings. The maximum Gasteiger partial charge on any atom is 0.242 e. The van der Waals surface area contributed by atoms with Crippen LogP contribution in [0.2, 0.25) is 0 Å². The third-order valence-electron chi connectivity index (χ3n) is 2.63. The Morgan fingerprint density at radius 3 is 2.89 bits per heavy atom. The number of aromatic nitrogens is 4. The first-order chi connectivity index (χ1) is 9.13. The molecule has 0 saturated carbocycles. The number of methoxy groups -OCH3 is 1. The molecule has 0 unspecified atom stereocenters. The smallest absolute Gasteiger partial charge is 0.242 e. The van der Waals surface area contributed by atoms with Crippen LogP contribution in [0.3, 0.4) is 0 Å². The largest absolute Gasteiger partial charge is 0.479 e. The molecule has 7 heteroatoms. The first kappa shape index (κ1) is 14.0. The predicted octanol–water partition coefficient (Wildman–Crippen LogP) is 2.17. The molecule has 1 N–H and O–H groups in total. The Hall–Kier alpha value is -1.47. The zero-order valence-electron chi connectivity index (χ0n) is 11.3. The molecule has 0 spiro atoms. The summed E-state index contributed by atoms with van der Waals surface area (Å²) in [5.74, 6) is 1.02. The SMILES string of the molecule is COc1ncnc2c1[nH]c(=S)n2CCOCC(C)C. The summed E-state index contributed by atoms with van der Waals surface area (Å²) < 4.78 is 13.2. The molecule has 2 aromatic heterocycles. The third-order valence-corrected chi connectivity index (χ3v) is 2.95. The maximum atomic E-state index is 5.57. The maximum absolute atomic E-state index is 5.57. The van der Waals surface area contributed by atoms with Gasteiger partial charge in [-0.3, -0.25) is 4.57 Å². The van der Waals surface area contributed by atoms with Gasteiger partial charge in [-0.05, 0) is 18.1 Å². The second kappa shape index (κ2) is 6.12. The van der Waals surface area contributed by atoms with Gasteiger partial charge in [-0.2, -0.15) is 4.98 Å². The number of fused-ring (bicyclic) bond motifs is 1. The number of ether oxygens (including phenoxy) is 2. The van der Waals surface area contributed by atoms with Gasteiger partial charge in [0.25, 0.3) is 0 Å². The number of nitrogens with zero attached hydrogens (tertiary/aromatic N) is 3. The van der Waals surface area contributed by atoms with E-state index >= 15 is 0 Å². The quantitative estimate of drug-likeness (QED) is 0.650. The van der Waals surface area contributed by atoms with Gasteiger partial charge in [-0.25, -0.2) is 4.98 Å². The van der Waals surface area contributed by atoms with Gasteiger partial charge in [0.1, 0.15) is 11.8 Å². The molecule has 0 aliphatic rings. The fourth-order valence-electron chi connectivity index (χ4n) is 1.78. The van der Waals surface area contributed by atoms with Crippen molar-refractivity contribution >= 4 is 23.4 Å². The summed E-state index contributed by atoms with van der Waals surface area (Å²) in [7, 11) is 1.57. The van der Waals surface area contributed by atoms with Crippen LogP contribution < -0.4 is 4.74 Å². The molecule has 0 aromatic carbocycles. The van der Waals surface area contributed by atoms with Gasteiger partial charge in [-0.15, -0.1) is 0 Å². The van der Waals surface area contributed by atoms with Crippen molar-refractivity contribution in [2.75, 3.05) is 20.3 Å². The first-order valence-electron chi connectivity index (χ1n) is 6.18. The highest BCUT2D eigenvalue weighted by atomic mass is 32.1. The fraction of sp³-hybridized carbons (Fsp3) is 0.583. The van der Waals surface area contributed by atoms with Gasteiger partial charge in [0, 0.05) is 6.61 Å². The van der Waals surface area contributed by atoms with E-state index in [2.05, 4.69) is 28.8 Å². The highest BCUT2D eigenvalue weighted by Gasteiger charge is 2.11. The Kier molecular flexibility index (Phi) is 4.49. The van der Waals surface area contributed by atoms with E-state index in [1.165, 1.54) is 6.33 Å². The molecule has 0 aliphatic heterocycles. The molecule has 2 rings (SSSR count). The number of hydrogen-bond acceptors (Lipinski definition) is 5. The Bertz CT molecular complexity index is 605. The lowest BCUT2D eigenvalue weighted by atomic mass is 10.2. The molecule has 0 amide bonds. The van der Waals surface area contributed by atoms with Gasteiger partial charge >= 0.3 is 0 Å². The van der Waals surface area contributed by atoms with E-state index in [-0.39, 0.29) is 0 Å². The van der Waals surface area contributed by atoms with Crippen LogP contribution in [-0.2, 0) is 11.3 Å². The summed E-state index contributed by atoms with van der Waals surface area (Å²) in [5, 5.41) is 0. The summed E-state index contributed by atoms with van der Waals surface area (Å²) in [4.78, 5) is 11.4. The number of aromatic amines is 1. The molecule has 2 aromatic rings. The van der Waals surface area contributed by atoms with Crippen molar-refractivity contribution in [3.8, 4) is 5.88 Å². The molecule has 2 heterocycles. The van der Waals surface area contributed by atoms with Crippen LogP contribution >= 0.6 is 12.2 Å². The molecule has 6 nitrogen and oxygen atoms in total. The standard InChI is InChI=1S/C12H18N4O2S/c1-8(2)6-18-5-4-16-10-9(15-12(16)19)11(17-3)14-7-13-10/h7-8H,4-6H2,1-3H3,(H,15,19). The van der Waals surface area contributed by atoms with Crippen LogP contribution in [0, 0.1) is 10.7 Å². The summed E-state index contributed by atoms with van der Waals surface area (Å²) in [5.41, 5.74) is 1.46. The van der Waals surface area contributed by atoms with Crippen molar-refractivity contribution in [1.29, 1.82) is 0 Å². The zero-order chi connectivity index (χ0) is 13.8. The molecule has 0 atom stereocenters. The van der Waals surface area contributed by atoms with Crippen LogP contribution in [0.25, 0.3) is 11.2 Å². The van der Waals surface area contributed by atoms with E-state index in [0.29, 0.717) is 29.7 Å². The van der Waals surface area contributed by atoms with E-state index < -0.39 is 0 Å². The summed E-state index contributed by atoms with van der Waals surface area (Å²) in [6.07, 6.45) is 1.47. The second-order valence-electron chi connectivity index (χ2n) is 4.63. The van der Waals surface area contributed by atoms with Crippen molar-refractivity contribution in [1.82, 2.24) is 19.5 Å². The Morgan fingerprint density at radius 2 is 2.21 bits per heavy atom. The molecular formula is C12H18N4O2S. The van der Waals surface area contributed by atoms with Crippen molar-refractivity contribution in [3.63, 3.8) is 0 Å². The lowest BCUT2D eigenvalue weighted by Gasteiger charge is -2.07. The van der Waals surface area contributed by atoms with Gasteiger partial charge in [0.05, 0.1) is 20.3 Å². The zero-order valence-corrected chi connectivity index (χ0v) is 12.2. The fourth-order valence-corrected chi connectivity index (χ4v) is 2.06. The van der Waals surface area contributed by atoms with Crippen LogP contribution in [0.5, 0.6) is 5.88 Å². The highest BCUT2D eigenvalue weighted by Crippen LogP contribution is 2.19. The topological polar surface area (TPSA) is 65.0 Å². The summed E-state index contributed by atoms with van der Waals surface area (Å²) in [6.45, 7) is 6.25. The van der Waals surface area contributed by atoms with Crippen LogP contribution in [0.1, 0.15) is 13.8 Å². The minimum absolute atomic E-state index is 0.498. The molecule has 0 bridgehead atoms. The number of H-pyrrole nitrogens is 1. The second-order valence-corrected chi connectivity index (χ2v) is 5.02. The molecule has 0 saturated heterocycles. The molecular weight excluding hydrogens is 264 g/mol. The predicted molar refractivity (Wildman–Crippen MR) is 74.9 cm³/mol. The van der Waals surface area contributed by atoms with Crippen molar-refractivity contribution in [3.05, 3.63) is 11.1 Å². The highest BCUT2D eigenvalue weighted by molar-refractivity contribution is 7.71. The van der Waals surface area contributed by atoms with Gasteiger partial charge in [0.2, 0.25) is 5.88 Å². The van der Waals surface area contributed by atoms with Crippen LogP contribution in [0.15, 0.2) is 6.33 Å². The normalized spacial score (nSPS) is 11.4. The minimum atomic E-state index is 0.498. The minimum Gasteiger partial charge on any atom is -0.479 e. The summed E-state index contributed by atoms with van der Waals surface area (Å²) >= 11 is 5.29. The monoisotopic (exact) mass is 282 g/mol. The third kappa shape index (κ3) is 3.10. The number of imidazole rings is 1. The first-order valence-corrected chi connectivity index (χ1v) is 6.59. The molecule has 0 radical (unpaired) electrons. The van der Waals surface area contributed by atoms with Crippen LogP contribution in [-0.4, -0.2) is 39.8 Å². The van der Waals surface area contributed by atoms with Gasteiger partial charge < -0.3 is 14.5 Å². The Balaban J connectivity index is 2.19. The van der Waals surface area contributed by atoms with E-state index in [0.717, 1.165) is 17.8 Å². The Labute approximate surface area is 116 Å². The van der Waals surface area contributed by atoms with Crippen LogP contribution in [0.4, 0.5) is 0 Å².